The Labute approximate surface area is 186 Å². The molecule has 0 spiro atoms. The number of rotatable bonds is 5. The first kappa shape index (κ1) is 22.6. The zero-order chi connectivity index (χ0) is 21.8. The molecule has 1 N–H and O–H groups in total. The van der Waals surface area contributed by atoms with Crippen molar-refractivity contribution < 1.29 is 5.11 Å². The van der Waals surface area contributed by atoms with E-state index in [1.165, 1.54) is 44.9 Å². The number of fused-ring (bicyclic) bond motifs is 5. The van der Waals surface area contributed by atoms with Crippen molar-refractivity contribution in [2.75, 3.05) is 0 Å². The van der Waals surface area contributed by atoms with Crippen molar-refractivity contribution in [3.63, 3.8) is 0 Å². The third kappa shape index (κ3) is 3.46. The maximum absolute atomic E-state index is 10.5. The molecule has 0 radical (unpaired) electrons. The average Bonchev–Trinajstić information content (AvgIpc) is 3.06. The molecule has 0 aromatic carbocycles. The third-order valence-electron chi connectivity index (χ3n) is 11.0. The molecule has 3 saturated carbocycles. The van der Waals surface area contributed by atoms with Crippen LogP contribution in [0.25, 0.3) is 0 Å². The molecule has 0 aromatic heterocycles. The van der Waals surface area contributed by atoms with E-state index >= 15 is 0 Å². The Morgan fingerprint density at radius 3 is 2.37 bits per heavy atom. The van der Waals surface area contributed by atoms with Crippen molar-refractivity contribution in [3.05, 3.63) is 23.3 Å². The molecule has 0 saturated heterocycles. The van der Waals surface area contributed by atoms with E-state index in [0.717, 1.165) is 41.9 Å². The number of aliphatic hydroxyl groups is 1. The summed E-state index contributed by atoms with van der Waals surface area (Å²) in [4.78, 5) is 0. The van der Waals surface area contributed by atoms with Crippen LogP contribution in [0.3, 0.4) is 0 Å². The van der Waals surface area contributed by atoms with Crippen LogP contribution >= 0.6 is 0 Å². The van der Waals surface area contributed by atoms with Crippen LogP contribution in [0.15, 0.2) is 23.3 Å². The van der Waals surface area contributed by atoms with Gasteiger partial charge in [-0.3, -0.25) is 0 Å². The summed E-state index contributed by atoms with van der Waals surface area (Å²) < 4.78 is 0. The largest absolute Gasteiger partial charge is 0.393 e. The van der Waals surface area contributed by atoms with E-state index in [0.29, 0.717) is 16.7 Å². The summed E-state index contributed by atoms with van der Waals surface area (Å²) in [6, 6.07) is 0. The summed E-state index contributed by atoms with van der Waals surface area (Å²) in [5.74, 6) is 5.26. The number of aliphatic hydroxyl groups excluding tert-OH is 1. The topological polar surface area (TPSA) is 20.2 Å². The van der Waals surface area contributed by atoms with Crippen molar-refractivity contribution in [1.29, 1.82) is 0 Å². The first-order valence-corrected chi connectivity index (χ1v) is 13.2. The third-order valence-corrected chi connectivity index (χ3v) is 11.0. The van der Waals surface area contributed by atoms with Crippen molar-refractivity contribution in [3.8, 4) is 0 Å². The van der Waals surface area contributed by atoms with Gasteiger partial charge in [0.25, 0.3) is 0 Å². The maximum Gasteiger partial charge on any atom is 0.0603 e. The lowest BCUT2D eigenvalue weighted by Crippen LogP contribution is -2.48. The Morgan fingerprint density at radius 1 is 0.933 bits per heavy atom. The van der Waals surface area contributed by atoms with Gasteiger partial charge in [-0.1, -0.05) is 84.6 Å². The molecule has 9 atom stereocenters. The molecule has 0 amide bonds. The molecule has 0 aliphatic heterocycles. The number of allylic oxidation sites excluding steroid dienone is 3. The molecule has 4 rings (SSSR count). The van der Waals surface area contributed by atoms with Gasteiger partial charge in [0.2, 0.25) is 0 Å². The molecule has 1 heteroatoms. The predicted octanol–water partition coefficient (Wildman–Crippen LogP) is 7.80. The highest BCUT2D eigenvalue weighted by atomic mass is 16.3. The summed E-state index contributed by atoms with van der Waals surface area (Å²) in [5.41, 5.74) is 4.14. The summed E-state index contributed by atoms with van der Waals surface area (Å²) >= 11 is 0. The highest BCUT2D eigenvalue weighted by molar-refractivity contribution is 5.39. The number of hydrogen-bond donors (Lipinski definition) is 1. The SMILES string of the molecule is CC(C)C(C)CC[C@@H](C)[C@H]1CC[C@H]2C3=CC=C4[C@H](C)[C@@H](O)CC[C@]4(C)[C@H]3CC[C@]12C. The summed E-state index contributed by atoms with van der Waals surface area (Å²) in [5, 5.41) is 10.5. The van der Waals surface area contributed by atoms with Gasteiger partial charge in [0.05, 0.1) is 6.10 Å². The first-order valence-electron chi connectivity index (χ1n) is 13.2. The second-order valence-electron chi connectivity index (χ2n) is 12.7. The summed E-state index contributed by atoms with van der Waals surface area (Å²) in [6.07, 6.45) is 15.4. The van der Waals surface area contributed by atoms with E-state index < -0.39 is 0 Å². The molecule has 1 nitrogen and oxygen atoms in total. The zero-order valence-corrected chi connectivity index (χ0v) is 20.9. The van der Waals surface area contributed by atoms with Crippen LogP contribution < -0.4 is 0 Å². The molecule has 30 heavy (non-hydrogen) atoms. The summed E-state index contributed by atoms with van der Waals surface area (Å²) in [6.45, 7) is 17.2. The van der Waals surface area contributed by atoms with E-state index in [1.807, 2.05) is 0 Å². The van der Waals surface area contributed by atoms with Crippen LogP contribution in [0.4, 0.5) is 0 Å². The molecule has 0 bridgehead atoms. The second-order valence-corrected chi connectivity index (χ2v) is 12.7. The quantitative estimate of drug-likeness (QED) is 0.488. The van der Waals surface area contributed by atoms with Crippen molar-refractivity contribution in [2.24, 2.45) is 52.3 Å². The van der Waals surface area contributed by atoms with Crippen LogP contribution in [-0.2, 0) is 0 Å². The lowest BCUT2D eigenvalue weighted by molar-refractivity contribution is 0.0156. The van der Waals surface area contributed by atoms with Crippen molar-refractivity contribution in [2.45, 2.75) is 106 Å². The van der Waals surface area contributed by atoms with E-state index in [9.17, 15) is 5.11 Å². The number of hydrogen-bond acceptors (Lipinski definition) is 1. The fourth-order valence-corrected chi connectivity index (χ4v) is 8.42. The molecule has 170 valence electrons. The van der Waals surface area contributed by atoms with Crippen LogP contribution in [0.5, 0.6) is 0 Å². The predicted molar refractivity (Wildman–Crippen MR) is 128 cm³/mol. The van der Waals surface area contributed by atoms with Crippen LogP contribution in [-0.4, -0.2) is 11.2 Å². The van der Waals surface area contributed by atoms with Gasteiger partial charge in [-0.15, -0.1) is 0 Å². The monoisotopic (exact) mass is 412 g/mol. The smallest absolute Gasteiger partial charge is 0.0603 e. The van der Waals surface area contributed by atoms with Crippen molar-refractivity contribution >= 4 is 0 Å². The van der Waals surface area contributed by atoms with Gasteiger partial charge in [0.15, 0.2) is 0 Å². The van der Waals surface area contributed by atoms with Crippen molar-refractivity contribution in [1.82, 2.24) is 0 Å². The molecule has 3 fully saturated rings. The van der Waals surface area contributed by atoms with Gasteiger partial charge >= 0.3 is 0 Å². The van der Waals surface area contributed by atoms with Gasteiger partial charge in [-0.2, -0.15) is 0 Å². The summed E-state index contributed by atoms with van der Waals surface area (Å²) in [7, 11) is 0. The Kier molecular flexibility index (Phi) is 6.10. The minimum atomic E-state index is -0.141. The Morgan fingerprint density at radius 2 is 1.67 bits per heavy atom. The molecular formula is C29H48O. The first-order chi connectivity index (χ1) is 14.1. The zero-order valence-electron chi connectivity index (χ0n) is 20.9. The molecule has 4 aliphatic carbocycles. The molecule has 0 heterocycles. The van der Waals surface area contributed by atoms with Crippen LogP contribution in [0.1, 0.15) is 99.8 Å². The molecule has 0 aromatic rings. The minimum Gasteiger partial charge on any atom is -0.393 e. The van der Waals surface area contributed by atoms with E-state index in [2.05, 4.69) is 60.6 Å². The molecule has 4 aliphatic rings. The lowest BCUT2D eigenvalue weighted by Gasteiger charge is -2.56. The Hall–Kier alpha value is -0.560. The highest BCUT2D eigenvalue weighted by Crippen LogP contribution is 2.66. The van der Waals surface area contributed by atoms with E-state index in [1.54, 1.807) is 11.1 Å². The molecule has 1 unspecified atom stereocenters. The van der Waals surface area contributed by atoms with E-state index in [-0.39, 0.29) is 6.10 Å². The second kappa shape index (κ2) is 8.09. The van der Waals surface area contributed by atoms with Gasteiger partial charge in [0.1, 0.15) is 0 Å². The van der Waals surface area contributed by atoms with E-state index in [4.69, 9.17) is 0 Å². The van der Waals surface area contributed by atoms with Gasteiger partial charge < -0.3 is 5.11 Å². The van der Waals surface area contributed by atoms with Gasteiger partial charge in [-0.25, -0.2) is 0 Å². The fraction of sp³-hybridized carbons (Fsp3) is 0.862. The standard InChI is InChI=1S/C29H48O/c1-18(2)19(3)8-9-20(4)23-12-13-25-22-10-11-24-21(5)27(30)15-17-29(24,7)26(22)14-16-28(23,25)6/h10-11,18-21,23,25-27,30H,8-9,12-17H2,1-7H3/t19?,20-,21+,23-,25+,26+,27+,28-,29+/m1/s1. The van der Waals surface area contributed by atoms with Gasteiger partial charge in [0, 0.05) is 5.92 Å². The average molecular weight is 413 g/mol. The maximum atomic E-state index is 10.5. The minimum absolute atomic E-state index is 0.141. The molecular weight excluding hydrogens is 364 g/mol. The highest BCUT2D eigenvalue weighted by Gasteiger charge is 2.57. The van der Waals surface area contributed by atoms with Crippen LogP contribution in [0.2, 0.25) is 0 Å². The van der Waals surface area contributed by atoms with Crippen LogP contribution in [0, 0.1) is 52.3 Å². The Bertz CT molecular complexity index is 701. The normalized spacial score (nSPS) is 45.2. The van der Waals surface area contributed by atoms with Gasteiger partial charge in [-0.05, 0) is 84.9 Å². The Balaban J connectivity index is 1.55. The fourth-order valence-electron chi connectivity index (χ4n) is 8.42. The lowest BCUT2D eigenvalue weighted by atomic mass is 9.49.